The van der Waals surface area contributed by atoms with E-state index >= 15 is 0 Å². The fourth-order valence-electron chi connectivity index (χ4n) is 2.64. The van der Waals surface area contributed by atoms with E-state index in [0.717, 1.165) is 30.7 Å². The Bertz CT molecular complexity index is 422. The van der Waals surface area contributed by atoms with Crippen LogP contribution >= 0.6 is 0 Å². The Labute approximate surface area is 113 Å². The van der Waals surface area contributed by atoms with Crippen molar-refractivity contribution < 1.29 is 14.6 Å². The van der Waals surface area contributed by atoms with E-state index in [4.69, 9.17) is 4.74 Å². The Morgan fingerprint density at radius 1 is 1.42 bits per heavy atom. The minimum atomic E-state index is -0.700. The molecule has 1 fully saturated rings. The third-order valence-corrected chi connectivity index (χ3v) is 3.70. The Morgan fingerprint density at radius 2 is 2.16 bits per heavy atom. The largest absolute Gasteiger partial charge is 0.494 e. The maximum absolute atomic E-state index is 11.6. The highest BCUT2D eigenvalue weighted by molar-refractivity contribution is 5.75. The van der Waals surface area contributed by atoms with E-state index in [1.165, 1.54) is 0 Å². The van der Waals surface area contributed by atoms with Crippen molar-refractivity contribution in [3.63, 3.8) is 0 Å². The van der Waals surface area contributed by atoms with E-state index in [0.29, 0.717) is 19.6 Å². The summed E-state index contributed by atoms with van der Waals surface area (Å²) in [6.45, 7) is 4.05. The van der Waals surface area contributed by atoms with Crippen molar-refractivity contribution in [2.24, 2.45) is 5.41 Å². The van der Waals surface area contributed by atoms with E-state index in [1.54, 1.807) is 0 Å². The van der Waals surface area contributed by atoms with Crippen LogP contribution in [0.3, 0.4) is 0 Å². The molecule has 2 rings (SSSR count). The van der Waals surface area contributed by atoms with Gasteiger partial charge in [0.15, 0.2) is 0 Å². The lowest BCUT2D eigenvalue weighted by molar-refractivity contribution is -0.150. The summed E-state index contributed by atoms with van der Waals surface area (Å²) >= 11 is 0. The molecule has 4 heteroatoms. The van der Waals surface area contributed by atoms with Crippen LogP contribution in [0, 0.1) is 5.41 Å². The molecule has 1 atom stereocenters. The normalized spacial score (nSPS) is 23.0. The molecule has 0 saturated carbocycles. The summed E-state index contributed by atoms with van der Waals surface area (Å²) in [4.78, 5) is 11.6. The number of carbonyl (C=O) groups is 1. The molecule has 1 aliphatic rings. The van der Waals surface area contributed by atoms with E-state index < -0.39 is 11.4 Å². The van der Waals surface area contributed by atoms with Gasteiger partial charge in [-0.05, 0) is 50.4 Å². The van der Waals surface area contributed by atoms with Crippen LogP contribution in [0.15, 0.2) is 24.3 Å². The molecule has 4 nitrogen and oxygen atoms in total. The van der Waals surface area contributed by atoms with Crippen molar-refractivity contribution in [2.45, 2.75) is 26.2 Å². The highest BCUT2D eigenvalue weighted by Crippen LogP contribution is 2.31. The zero-order valence-corrected chi connectivity index (χ0v) is 11.3. The predicted octanol–water partition coefficient (Wildman–Crippen LogP) is 2.08. The number of hydrogen-bond donors (Lipinski definition) is 2. The molecule has 1 aromatic rings. The molecule has 1 heterocycles. The monoisotopic (exact) mass is 263 g/mol. The first-order valence-corrected chi connectivity index (χ1v) is 6.82. The lowest BCUT2D eigenvalue weighted by atomic mass is 9.76. The van der Waals surface area contributed by atoms with Crippen LogP contribution in [-0.4, -0.2) is 30.8 Å². The first-order chi connectivity index (χ1) is 9.16. The zero-order chi connectivity index (χ0) is 13.7. The maximum atomic E-state index is 11.6. The predicted molar refractivity (Wildman–Crippen MR) is 73.5 cm³/mol. The topological polar surface area (TPSA) is 58.6 Å². The second-order valence-electron chi connectivity index (χ2n) is 5.12. The number of nitrogens with one attached hydrogen (secondary N) is 1. The standard InChI is InChI=1S/C15H21NO3/c1-2-19-13-6-4-12(5-7-13)10-15(14(17)18)8-3-9-16-11-15/h4-7,16H,2-3,8-11H2,1H3,(H,17,18). The van der Waals surface area contributed by atoms with Crippen molar-refractivity contribution >= 4 is 5.97 Å². The van der Waals surface area contributed by atoms with Crippen LogP contribution in [0.4, 0.5) is 0 Å². The summed E-state index contributed by atoms with van der Waals surface area (Å²) in [5.41, 5.74) is 0.389. The molecule has 104 valence electrons. The molecule has 0 radical (unpaired) electrons. The van der Waals surface area contributed by atoms with E-state index in [2.05, 4.69) is 5.32 Å². The number of ether oxygens (including phenoxy) is 1. The fraction of sp³-hybridized carbons (Fsp3) is 0.533. The Balaban J connectivity index is 2.10. The minimum absolute atomic E-state index is 0.551. The van der Waals surface area contributed by atoms with Gasteiger partial charge in [0.25, 0.3) is 0 Å². The van der Waals surface area contributed by atoms with E-state index in [9.17, 15) is 9.90 Å². The van der Waals surface area contributed by atoms with Crippen molar-refractivity contribution in [1.82, 2.24) is 5.32 Å². The summed E-state index contributed by atoms with van der Waals surface area (Å²) in [6.07, 6.45) is 2.23. The highest BCUT2D eigenvalue weighted by Gasteiger charge is 2.39. The number of hydrogen-bond acceptors (Lipinski definition) is 3. The number of carboxylic acid groups (broad SMARTS) is 1. The Hall–Kier alpha value is -1.55. The van der Waals surface area contributed by atoms with Gasteiger partial charge in [0.05, 0.1) is 12.0 Å². The molecule has 1 unspecified atom stereocenters. The van der Waals surface area contributed by atoms with Crippen molar-refractivity contribution in [2.75, 3.05) is 19.7 Å². The van der Waals surface area contributed by atoms with Crippen LogP contribution in [0.25, 0.3) is 0 Å². The molecule has 0 aliphatic carbocycles. The van der Waals surface area contributed by atoms with Crippen LogP contribution in [0.5, 0.6) is 5.75 Å². The van der Waals surface area contributed by atoms with Crippen LogP contribution < -0.4 is 10.1 Å². The number of benzene rings is 1. The highest BCUT2D eigenvalue weighted by atomic mass is 16.5. The molecular weight excluding hydrogens is 242 g/mol. The Kier molecular flexibility index (Phi) is 4.43. The lowest BCUT2D eigenvalue weighted by Gasteiger charge is -2.33. The second-order valence-corrected chi connectivity index (χ2v) is 5.12. The van der Waals surface area contributed by atoms with Crippen molar-refractivity contribution in [3.05, 3.63) is 29.8 Å². The summed E-state index contributed by atoms with van der Waals surface area (Å²) in [5.74, 6) is 0.131. The summed E-state index contributed by atoms with van der Waals surface area (Å²) < 4.78 is 5.39. The maximum Gasteiger partial charge on any atom is 0.311 e. The summed E-state index contributed by atoms with van der Waals surface area (Å²) in [7, 11) is 0. The number of carboxylic acids is 1. The van der Waals surface area contributed by atoms with Gasteiger partial charge >= 0.3 is 5.97 Å². The average molecular weight is 263 g/mol. The van der Waals surface area contributed by atoms with E-state index in [-0.39, 0.29) is 0 Å². The quantitative estimate of drug-likeness (QED) is 0.854. The summed E-state index contributed by atoms with van der Waals surface area (Å²) in [5, 5.41) is 12.7. The van der Waals surface area contributed by atoms with Crippen molar-refractivity contribution in [1.29, 1.82) is 0 Å². The molecule has 1 saturated heterocycles. The second kappa shape index (κ2) is 6.06. The SMILES string of the molecule is CCOc1ccc(CC2(C(=O)O)CCCNC2)cc1. The molecule has 1 aromatic carbocycles. The van der Waals surface area contributed by atoms with Gasteiger partial charge in [-0.1, -0.05) is 12.1 Å². The molecule has 0 spiro atoms. The van der Waals surface area contributed by atoms with Gasteiger partial charge in [-0.25, -0.2) is 0 Å². The summed E-state index contributed by atoms with van der Waals surface area (Å²) in [6, 6.07) is 7.74. The van der Waals surface area contributed by atoms with Crippen molar-refractivity contribution in [3.8, 4) is 5.75 Å². The molecular formula is C15H21NO3. The van der Waals surface area contributed by atoms with Gasteiger partial charge in [0, 0.05) is 6.54 Å². The van der Waals surface area contributed by atoms with Gasteiger partial charge in [-0.3, -0.25) is 4.79 Å². The zero-order valence-electron chi connectivity index (χ0n) is 11.3. The third-order valence-electron chi connectivity index (χ3n) is 3.70. The molecule has 0 amide bonds. The number of rotatable bonds is 5. The molecule has 0 aromatic heterocycles. The minimum Gasteiger partial charge on any atom is -0.494 e. The van der Waals surface area contributed by atoms with Crippen LogP contribution in [0.2, 0.25) is 0 Å². The smallest absolute Gasteiger partial charge is 0.311 e. The third kappa shape index (κ3) is 3.26. The Morgan fingerprint density at radius 3 is 2.68 bits per heavy atom. The van der Waals surface area contributed by atoms with Gasteiger partial charge in [0.2, 0.25) is 0 Å². The number of piperidine rings is 1. The average Bonchev–Trinajstić information content (AvgIpc) is 2.42. The molecule has 0 bridgehead atoms. The van der Waals surface area contributed by atoms with Gasteiger partial charge in [-0.15, -0.1) is 0 Å². The lowest BCUT2D eigenvalue weighted by Crippen LogP contribution is -2.47. The molecule has 1 aliphatic heterocycles. The fourth-order valence-corrected chi connectivity index (χ4v) is 2.64. The molecule has 19 heavy (non-hydrogen) atoms. The van der Waals surface area contributed by atoms with E-state index in [1.807, 2.05) is 31.2 Å². The molecule has 2 N–H and O–H groups in total. The van der Waals surface area contributed by atoms with Gasteiger partial charge < -0.3 is 15.2 Å². The van der Waals surface area contributed by atoms with Crippen LogP contribution in [0.1, 0.15) is 25.3 Å². The van der Waals surface area contributed by atoms with Crippen LogP contribution in [-0.2, 0) is 11.2 Å². The number of aliphatic carboxylic acids is 1. The first kappa shape index (κ1) is 13.9. The van der Waals surface area contributed by atoms with Gasteiger partial charge in [0.1, 0.15) is 5.75 Å². The first-order valence-electron chi connectivity index (χ1n) is 6.82. The van der Waals surface area contributed by atoms with Gasteiger partial charge in [-0.2, -0.15) is 0 Å².